The average Bonchev–Trinajstić information content (AvgIpc) is 2.62. The van der Waals surface area contributed by atoms with Gasteiger partial charge in [0, 0.05) is 11.6 Å². The third kappa shape index (κ3) is 3.23. The van der Waals surface area contributed by atoms with Gasteiger partial charge >= 0.3 is 5.97 Å². The van der Waals surface area contributed by atoms with Crippen LogP contribution in [-0.2, 0) is 16.0 Å². The van der Waals surface area contributed by atoms with Gasteiger partial charge in [0.1, 0.15) is 5.75 Å². The highest BCUT2D eigenvalue weighted by molar-refractivity contribution is 5.98. The fourth-order valence-electron chi connectivity index (χ4n) is 2.79. The lowest BCUT2D eigenvalue weighted by Crippen LogP contribution is -2.09. The number of pyridine rings is 1. The Hall–Kier alpha value is -2.88. The van der Waals surface area contributed by atoms with Crippen molar-refractivity contribution in [3.05, 3.63) is 60.3 Å². The lowest BCUT2D eigenvalue weighted by Gasteiger charge is -2.13. The summed E-state index contributed by atoms with van der Waals surface area (Å²) in [5.74, 6) is 0.508. The topological polar surface area (TPSA) is 48.4 Å². The minimum atomic E-state index is -0.251. The molecular weight excluding hydrogens is 302 g/mol. The van der Waals surface area contributed by atoms with E-state index in [1.54, 1.807) is 20.2 Å². The summed E-state index contributed by atoms with van der Waals surface area (Å²) >= 11 is 0. The van der Waals surface area contributed by atoms with Crippen molar-refractivity contribution in [2.24, 2.45) is 0 Å². The summed E-state index contributed by atoms with van der Waals surface area (Å²) in [7, 11) is 1.64. The van der Waals surface area contributed by atoms with Crippen molar-refractivity contribution < 1.29 is 14.3 Å². The summed E-state index contributed by atoms with van der Waals surface area (Å²) in [6, 6.07) is 15.8. The van der Waals surface area contributed by atoms with Crippen molar-refractivity contribution in [3.8, 4) is 16.9 Å². The molecule has 1 heterocycles. The molecule has 0 radical (unpaired) electrons. The number of nitrogens with zero attached hydrogens (tertiary/aromatic N) is 1. The zero-order chi connectivity index (χ0) is 16.9. The molecule has 122 valence electrons. The van der Waals surface area contributed by atoms with Crippen molar-refractivity contribution in [2.45, 2.75) is 13.3 Å². The van der Waals surface area contributed by atoms with Gasteiger partial charge in [0.25, 0.3) is 0 Å². The van der Waals surface area contributed by atoms with E-state index in [-0.39, 0.29) is 12.4 Å². The molecule has 2 aromatic carbocycles. The third-order valence-electron chi connectivity index (χ3n) is 3.86. The van der Waals surface area contributed by atoms with Crippen LogP contribution in [0.3, 0.4) is 0 Å². The minimum Gasteiger partial charge on any atom is -0.497 e. The number of fused-ring (bicyclic) bond motifs is 1. The van der Waals surface area contributed by atoms with Gasteiger partial charge in [-0.3, -0.25) is 9.78 Å². The molecule has 0 atom stereocenters. The molecule has 0 aliphatic carbocycles. The number of carbonyl (C=O) groups is 1. The van der Waals surface area contributed by atoms with Crippen LogP contribution < -0.4 is 4.74 Å². The van der Waals surface area contributed by atoms with Crippen LogP contribution in [0.2, 0.25) is 0 Å². The van der Waals surface area contributed by atoms with Crippen molar-refractivity contribution in [1.29, 1.82) is 0 Å². The van der Waals surface area contributed by atoms with Crippen LogP contribution in [0.15, 0.2) is 54.7 Å². The summed E-state index contributed by atoms with van der Waals surface area (Å²) in [5, 5.41) is 0.961. The first kappa shape index (κ1) is 16.0. The Bertz CT molecular complexity index is 859. The number of methoxy groups -OCH3 is 1. The normalized spacial score (nSPS) is 10.6. The maximum Gasteiger partial charge on any atom is 0.310 e. The Labute approximate surface area is 141 Å². The van der Waals surface area contributed by atoms with Gasteiger partial charge in [0.2, 0.25) is 0 Å². The number of aromatic nitrogens is 1. The highest BCUT2D eigenvalue weighted by Crippen LogP contribution is 2.33. The molecule has 0 bridgehead atoms. The molecule has 3 rings (SSSR count). The molecule has 0 spiro atoms. The average molecular weight is 321 g/mol. The van der Waals surface area contributed by atoms with Crippen LogP contribution in [0.25, 0.3) is 22.0 Å². The van der Waals surface area contributed by atoms with E-state index in [1.165, 1.54) is 0 Å². The molecule has 3 aromatic rings. The lowest BCUT2D eigenvalue weighted by molar-refractivity contribution is -0.142. The molecule has 4 heteroatoms. The van der Waals surface area contributed by atoms with Crippen molar-refractivity contribution >= 4 is 16.9 Å². The van der Waals surface area contributed by atoms with Gasteiger partial charge in [-0.1, -0.05) is 30.3 Å². The number of hydrogen-bond donors (Lipinski definition) is 0. The van der Waals surface area contributed by atoms with E-state index in [0.717, 1.165) is 33.3 Å². The number of rotatable bonds is 5. The summed E-state index contributed by atoms with van der Waals surface area (Å²) < 4.78 is 10.5. The van der Waals surface area contributed by atoms with E-state index in [2.05, 4.69) is 4.98 Å². The lowest BCUT2D eigenvalue weighted by atomic mass is 9.95. The quantitative estimate of drug-likeness (QED) is 0.666. The Kier molecular flexibility index (Phi) is 4.75. The number of hydrogen-bond acceptors (Lipinski definition) is 4. The van der Waals surface area contributed by atoms with Crippen LogP contribution in [0.5, 0.6) is 5.75 Å². The molecule has 0 aliphatic heterocycles. The fraction of sp³-hybridized carbons (Fsp3) is 0.200. The van der Waals surface area contributed by atoms with Gasteiger partial charge in [-0.2, -0.15) is 0 Å². The smallest absolute Gasteiger partial charge is 0.310 e. The third-order valence-corrected chi connectivity index (χ3v) is 3.86. The molecule has 0 amide bonds. The second-order valence-corrected chi connectivity index (χ2v) is 5.39. The van der Waals surface area contributed by atoms with E-state index < -0.39 is 0 Å². The van der Waals surface area contributed by atoms with Gasteiger partial charge in [-0.15, -0.1) is 0 Å². The van der Waals surface area contributed by atoms with Crippen LogP contribution in [-0.4, -0.2) is 24.7 Å². The maximum absolute atomic E-state index is 12.0. The highest BCUT2D eigenvalue weighted by atomic mass is 16.5. The molecule has 24 heavy (non-hydrogen) atoms. The van der Waals surface area contributed by atoms with E-state index in [4.69, 9.17) is 9.47 Å². The van der Waals surface area contributed by atoms with E-state index in [1.807, 2.05) is 48.5 Å². The van der Waals surface area contributed by atoms with E-state index in [0.29, 0.717) is 6.61 Å². The van der Waals surface area contributed by atoms with Crippen LogP contribution in [0.1, 0.15) is 12.5 Å². The van der Waals surface area contributed by atoms with Crippen LogP contribution in [0.4, 0.5) is 0 Å². The van der Waals surface area contributed by atoms with Gasteiger partial charge in [0.05, 0.1) is 25.7 Å². The van der Waals surface area contributed by atoms with Gasteiger partial charge in [-0.25, -0.2) is 0 Å². The van der Waals surface area contributed by atoms with Crippen LogP contribution >= 0.6 is 0 Å². The van der Waals surface area contributed by atoms with Gasteiger partial charge in [-0.05, 0) is 41.8 Å². The van der Waals surface area contributed by atoms with Gasteiger partial charge in [0.15, 0.2) is 0 Å². The molecule has 0 N–H and O–H groups in total. The van der Waals surface area contributed by atoms with Crippen molar-refractivity contribution in [2.75, 3.05) is 13.7 Å². The monoisotopic (exact) mass is 321 g/mol. The predicted octanol–water partition coefficient (Wildman–Crippen LogP) is 4.02. The molecule has 0 aliphatic rings. The van der Waals surface area contributed by atoms with Crippen molar-refractivity contribution in [3.63, 3.8) is 0 Å². The summed E-state index contributed by atoms with van der Waals surface area (Å²) in [6.07, 6.45) is 1.95. The number of ether oxygens (including phenoxy) is 2. The minimum absolute atomic E-state index is 0.193. The molecule has 1 aromatic heterocycles. The Balaban J connectivity index is 2.21. The number of carbonyl (C=O) groups excluding carboxylic acids is 1. The number of esters is 1. The van der Waals surface area contributed by atoms with E-state index >= 15 is 0 Å². The first-order valence-corrected chi connectivity index (χ1v) is 7.89. The van der Waals surface area contributed by atoms with Crippen molar-refractivity contribution in [1.82, 2.24) is 4.98 Å². The standard InChI is InChI=1S/C20H19NO3/c1-3-24-19(22)11-15-13-21-18-10-9-16(23-2)12-17(18)20(15)14-7-5-4-6-8-14/h4-10,12-13H,3,11H2,1-2H3. The Morgan fingerprint density at radius 1 is 1.12 bits per heavy atom. The second kappa shape index (κ2) is 7.13. The summed E-state index contributed by atoms with van der Waals surface area (Å²) in [6.45, 7) is 2.17. The highest BCUT2D eigenvalue weighted by Gasteiger charge is 2.15. The molecule has 0 unspecified atom stereocenters. The summed E-state index contributed by atoms with van der Waals surface area (Å²) in [4.78, 5) is 16.5. The van der Waals surface area contributed by atoms with Gasteiger partial charge < -0.3 is 9.47 Å². The van der Waals surface area contributed by atoms with Crippen LogP contribution in [0, 0.1) is 0 Å². The van der Waals surface area contributed by atoms with E-state index in [9.17, 15) is 4.79 Å². The first-order chi connectivity index (χ1) is 11.7. The fourth-order valence-corrected chi connectivity index (χ4v) is 2.79. The SMILES string of the molecule is CCOC(=O)Cc1cnc2ccc(OC)cc2c1-c1ccccc1. The molecule has 0 saturated carbocycles. The Morgan fingerprint density at radius 2 is 1.92 bits per heavy atom. The molecule has 0 saturated heterocycles. The molecular formula is C20H19NO3. The summed E-state index contributed by atoms with van der Waals surface area (Å²) in [5.41, 5.74) is 3.74. The largest absolute Gasteiger partial charge is 0.497 e. The zero-order valence-electron chi connectivity index (χ0n) is 13.8. The maximum atomic E-state index is 12.0. The number of benzene rings is 2. The zero-order valence-corrected chi connectivity index (χ0v) is 13.8. The Morgan fingerprint density at radius 3 is 2.62 bits per heavy atom. The first-order valence-electron chi connectivity index (χ1n) is 7.89. The second-order valence-electron chi connectivity index (χ2n) is 5.39. The molecule has 4 nitrogen and oxygen atoms in total. The molecule has 0 fully saturated rings. The predicted molar refractivity (Wildman–Crippen MR) is 94.1 cm³/mol.